The lowest BCUT2D eigenvalue weighted by molar-refractivity contribution is 0.557. The maximum atomic E-state index is 4.52. The number of likely N-dealkylation sites (N-methyl/N-ethyl adjacent to an activating group) is 1. The second-order valence-electron chi connectivity index (χ2n) is 5.00. The average Bonchev–Trinajstić information content (AvgIpc) is 2.89. The van der Waals surface area contributed by atoms with E-state index in [0.29, 0.717) is 0 Å². The summed E-state index contributed by atoms with van der Waals surface area (Å²) < 4.78 is 3.86. The van der Waals surface area contributed by atoms with Gasteiger partial charge in [0, 0.05) is 44.0 Å². The van der Waals surface area contributed by atoms with Crippen LogP contribution in [0.3, 0.4) is 0 Å². The van der Waals surface area contributed by atoms with Crippen molar-refractivity contribution in [1.82, 2.24) is 24.9 Å². The van der Waals surface area contributed by atoms with E-state index in [0.717, 1.165) is 18.5 Å². The predicted molar refractivity (Wildman–Crippen MR) is 76.0 cm³/mol. The van der Waals surface area contributed by atoms with Gasteiger partial charge in [0.25, 0.3) is 0 Å². The van der Waals surface area contributed by atoms with Gasteiger partial charge < -0.3 is 5.32 Å². The first-order valence-corrected chi connectivity index (χ1v) is 6.74. The summed E-state index contributed by atoms with van der Waals surface area (Å²) >= 11 is 0. The molecule has 0 aromatic carbocycles. The highest BCUT2D eigenvalue weighted by Gasteiger charge is 2.18. The minimum atomic E-state index is 0.276. The molecule has 0 aliphatic carbocycles. The van der Waals surface area contributed by atoms with Crippen LogP contribution in [0.1, 0.15) is 35.6 Å². The van der Waals surface area contributed by atoms with E-state index in [9.17, 15) is 0 Å². The van der Waals surface area contributed by atoms with Crippen molar-refractivity contribution in [2.45, 2.75) is 32.7 Å². The zero-order chi connectivity index (χ0) is 14.0. The van der Waals surface area contributed by atoms with E-state index in [2.05, 4.69) is 34.7 Å². The van der Waals surface area contributed by atoms with Gasteiger partial charge in [-0.3, -0.25) is 9.36 Å². The Hall–Kier alpha value is -1.62. The summed E-state index contributed by atoms with van der Waals surface area (Å²) in [5.41, 5.74) is 4.75. The maximum Gasteiger partial charge on any atom is 0.0669 e. The van der Waals surface area contributed by atoms with E-state index in [1.165, 1.54) is 17.0 Å². The second kappa shape index (κ2) is 5.57. The van der Waals surface area contributed by atoms with E-state index >= 15 is 0 Å². The van der Waals surface area contributed by atoms with Crippen molar-refractivity contribution in [2.24, 2.45) is 14.1 Å². The lowest BCUT2D eigenvalue weighted by Crippen LogP contribution is -2.21. The third-order valence-corrected chi connectivity index (χ3v) is 3.51. The van der Waals surface area contributed by atoms with Gasteiger partial charge in [-0.15, -0.1) is 0 Å². The van der Waals surface area contributed by atoms with Crippen molar-refractivity contribution in [1.29, 1.82) is 0 Å². The third-order valence-electron chi connectivity index (χ3n) is 3.51. The monoisotopic (exact) mass is 261 g/mol. The highest BCUT2D eigenvalue weighted by atomic mass is 15.3. The van der Waals surface area contributed by atoms with Gasteiger partial charge in [-0.2, -0.15) is 10.2 Å². The molecule has 5 heteroatoms. The zero-order valence-corrected chi connectivity index (χ0v) is 12.4. The molecule has 2 heterocycles. The van der Waals surface area contributed by atoms with Crippen LogP contribution in [0.2, 0.25) is 0 Å². The van der Waals surface area contributed by atoms with Crippen LogP contribution in [0.5, 0.6) is 0 Å². The number of nitrogens with one attached hydrogen (secondary N) is 1. The highest BCUT2D eigenvalue weighted by Crippen LogP contribution is 2.21. The van der Waals surface area contributed by atoms with Gasteiger partial charge in [0.2, 0.25) is 0 Å². The van der Waals surface area contributed by atoms with Gasteiger partial charge in [0.15, 0.2) is 0 Å². The van der Waals surface area contributed by atoms with Gasteiger partial charge in [0.05, 0.1) is 11.4 Å². The Kier molecular flexibility index (Phi) is 4.04. The lowest BCUT2D eigenvalue weighted by Gasteiger charge is -2.16. The molecule has 0 radical (unpaired) electrons. The smallest absolute Gasteiger partial charge is 0.0669 e. The highest BCUT2D eigenvalue weighted by molar-refractivity contribution is 5.24. The normalized spacial score (nSPS) is 12.9. The Morgan fingerprint density at radius 2 is 2.05 bits per heavy atom. The molecule has 2 aromatic rings. The molecule has 0 spiro atoms. The molecule has 0 saturated carbocycles. The molecule has 1 atom stereocenters. The number of hydrogen-bond acceptors (Lipinski definition) is 3. The number of rotatable bonds is 5. The lowest BCUT2D eigenvalue weighted by atomic mass is 10.0. The molecule has 0 aliphatic rings. The van der Waals surface area contributed by atoms with Gasteiger partial charge in [-0.05, 0) is 26.5 Å². The summed E-state index contributed by atoms with van der Waals surface area (Å²) in [6.07, 6.45) is 3.99. The van der Waals surface area contributed by atoms with Crippen LogP contribution in [0.4, 0.5) is 0 Å². The summed E-state index contributed by atoms with van der Waals surface area (Å²) in [5, 5.41) is 12.3. The van der Waals surface area contributed by atoms with E-state index < -0.39 is 0 Å². The number of hydrogen-bond donors (Lipinski definition) is 1. The van der Waals surface area contributed by atoms with Crippen LogP contribution in [-0.4, -0.2) is 26.6 Å². The van der Waals surface area contributed by atoms with Gasteiger partial charge in [-0.1, -0.05) is 6.92 Å². The number of aromatic nitrogens is 4. The summed E-state index contributed by atoms with van der Waals surface area (Å²) in [5.74, 6) is 0. The fourth-order valence-electron chi connectivity index (χ4n) is 2.55. The summed E-state index contributed by atoms with van der Waals surface area (Å²) in [7, 11) is 5.98. The second-order valence-corrected chi connectivity index (χ2v) is 5.00. The zero-order valence-electron chi connectivity index (χ0n) is 12.4. The van der Waals surface area contributed by atoms with Gasteiger partial charge in [-0.25, -0.2) is 0 Å². The van der Waals surface area contributed by atoms with Crippen LogP contribution in [-0.2, 0) is 26.9 Å². The van der Waals surface area contributed by atoms with Crippen molar-refractivity contribution in [3.05, 3.63) is 34.9 Å². The van der Waals surface area contributed by atoms with Crippen LogP contribution < -0.4 is 5.32 Å². The Morgan fingerprint density at radius 3 is 2.58 bits per heavy atom. The quantitative estimate of drug-likeness (QED) is 0.888. The van der Waals surface area contributed by atoms with Gasteiger partial charge >= 0.3 is 0 Å². The molecule has 19 heavy (non-hydrogen) atoms. The molecular formula is C14H23N5. The van der Waals surface area contributed by atoms with Crippen molar-refractivity contribution < 1.29 is 0 Å². The molecule has 5 nitrogen and oxygen atoms in total. The molecule has 0 bridgehead atoms. The Morgan fingerprint density at radius 1 is 1.32 bits per heavy atom. The SMILES string of the molecule is CCc1nn(C)cc1C(Cc1cc(C)nn1C)NC. The van der Waals surface area contributed by atoms with Gasteiger partial charge in [0.1, 0.15) is 0 Å². The first-order valence-electron chi connectivity index (χ1n) is 6.74. The largest absolute Gasteiger partial charge is 0.313 e. The molecular weight excluding hydrogens is 238 g/mol. The van der Waals surface area contributed by atoms with E-state index in [1.54, 1.807) is 0 Å². The summed E-state index contributed by atoms with van der Waals surface area (Å²) in [6, 6.07) is 2.42. The molecule has 1 unspecified atom stereocenters. The molecule has 0 fully saturated rings. The summed E-state index contributed by atoms with van der Waals surface area (Å²) in [6.45, 7) is 4.17. The van der Waals surface area contributed by atoms with Crippen LogP contribution in [0, 0.1) is 6.92 Å². The summed E-state index contributed by atoms with van der Waals surface area (Å²) in [4.78, 5) is 0. The van der Waals surface area contributed by atoms with Crippen LogP contribution in [0.15, 0.2) is 12.3 Å². The van der Waals surface area contributed by atoms with Crippen molar-refractivity contribution in [3.63, 3.8) is 0 Å². The number of nitrogens with zero attached hydrogens (tertiary/aromatic N) is 4. The topological polar surface area (TPSA) is 47.7 Å². The fraction of sp³-hybridized carbons (Fsp3) is 0.571. The minimum absolute atomic E-state index is 0.276. The number of aryl methyl sites for hydroxylation is 4. The molecule has 104 valence electrons. The Labute approximate surface area is 114 Å². The third kappa shape index (κ3) is 2.87. The van der Waals surface area contributed by atoms with E-state index in [4.69, 9.17) is 0 Å². The first kappa shape index (κ1) is 13.8. The van der Waals surface area contributed by atoms with Crippen molar-refractivity contribution in [3.8, 4) is 0 Å². The standard InChI is InChI=1S/C14H23N5/c1-6-13-12(9-18(4)17-13)14(15-3)8-11-7-10(2)16-19(11)5/h7,9,14-15H,6,8H2,1-5H3. The molecule has 2 rings (SSSR count). The van der Waals surface area contributed by atoms with Crippen LogP contribution in [0.25, 0.3) is 0 Å². The van der Waals surface area contributed by atoms with Crippen LogP contribution >= 0.6 is 0 Å². The van der Waals surface area contributed by atoms with E-state index in [1.807, 2.05) is 37.4 Å². The minimum Gasteiger partial charge on any atom is -0.313 e. The Balaban J connectivity index is 2.27. The molecule has 1 N–H and O–H groups in total. The van der Waals surface area contributed by atoms with Crippen molar-refractivity contribution >= 4 is 0 Å². The first-order chi connectivity index (χ1) is 9.05. The maximum absolute atomic E-state index is 4.52. The Bertz CT molecular complexity index is 552. The van der Waals surface area contributed by atoms with E-state index in [-0.39, 0.29) is 6.04 Å². The molecule has 0 amide bonds. The molecule has 2 aromatic heterocycles. The molecule has 0 aliphatic heterocycles. The fourth-order valence-corrected chi connectivity index (χ4v) is 2.55. The molecule has 0 saturated heterocycles. The average molecular weight is 261 g/mol. The predicted octanol–water partition coefficient (Wildman–Crippen LogP) is 1.53. The van der Waals surface area contributed by atoms with Crippen molar-refractivity contribution in [2.75, 3.05) is 7.05 Å².